The lowest BCUT2D eigenvalue weighted by molar-refractivity contribution is -0.0258. The molecule has 0 N–H and O–H groups in total. The molecule has 0 unspecified atom stereocenters. The van der Waals surface area contributed by atoms with Gasteiger partial charge < -0.3 is 13.7 Å². The van der Waals surface area contributed by atoms with Gasteiger partial charge in [-0.25, -0.2) is 4.98 Å². The van der Waals surface area contributed by atoms with E-state index in [1.165, 1.54) is 6.39 Å². The Balaban J connectivity index is 1.59. The molecule has 6 heteroatoms. The average Bonchev–Trinajstić information content (AvgIpc) is 2.95. The van der Waals surface area contributed by atoms with Crippen LogP contribution >= 0.6 is 0 Å². The molecule has 0 atom stereocenters. The second-order valence-electron chi connectivity index (χ2n) is 4.89. The molecule has 2 heterocycles. The molecule has 0 aliphatic heterocycles. The van der Waals surface area contributed by atoms with Crippen molar-refractivity contribution in [1.29, 1.82) is 0 Å². The van der Waals surface area contributed by atoms with E-state index < -0.39 is 0 Å². The van der Waals surface area contributed by atoms with Gasteiger partial charge in [-0.05, 0) is 32.6 Å². The van der Waals surface area contributed by atoms with E-state index in [4.69, 9.17) is 13.7 Å². The van der Waals surface area contributed by atoms with Crippen molar-refractivity contribution in [2.24, 2.45) is 5.92 Å². The highest BCUT2D eigenvalue weighted by atomic mass is 16.5. The van der Waals surface area contributed by atoms with Crippen LogP contribution in [0.3, 0.4) is 0 Å². The Morgan fingerprint density at radius 2 is 2.26 bits per heavy atom. The molecule has 6 nitrogen and oxygen atoms in total. The van der Waals surface area contributed by atoms with Gasteiger partial charge >= 0.3 is 0 Å². The van der Waals surface area contributed by atoms with E-state index in [1.807, 2.05) is 13.8 Å². The molecule has 1 fully saturated rings. The first-order chi connectivity index (χ1) is 9.26. The maximum atomic E-state index is 5.54. The number of hydrogen-bond acceptors (Lipinski definition) is 6. The van der Waals surface area contributed by atoms with Crippen molar-refractivity contribution in [1.82, 2.24) is 15.1 Å². The van der Waals surface area contributed by atoms with Crippen LogP contribution in [-0.2, 0) is 11.2 Å². The zero-order chi connectivity index (χ0) is 13.2. The van der Waals surface area contributed by atoms with Crippen LogP contribution in [0.15, 0.2) is 15.3 Å². The highest BCUT2D eigenvalue weighted by Crippen LogP contribution is 2.32. The van der Waals surface area contributed by atoms with Crippen molar-refractivity contribution in [3.8, 4) is 11.5 Å². The maximum Gasteiger partial charge on any atom is 0.227 e. The molecule has 2 aromatic rings. The molecule has 1 aliphatic carbocycles. The summed E-state index contributed by atoms with van der Waals surface area (Å²) >= 11 is 0. The van der Waals surface area contributed by atoms with Gasteiger partial charge in [-0.2, -0.15) is 4.98 Å². The molecular formula is C13H17N3O3. The lowest BCUT2D eigenvalue weighted by Gasteiger charge is -2.33. The summed E-state index contributed by atoms with van der Waals surface area (Å²) < 4.78 is 15.9. The van der Waals surface area contributed by atoms with Crippen molar-refractivity contribution >= 4 is 0 Å². The lowest BCUT2D eigenvalue weighted by atomic mass is 9.80. The van der Waals surface area contributed by atoms with Crippen molar-refractivity contribution in [2.75, 3.05) is 6.61 Å². The molecule has 1 saturated carbocycles. The van der Waals surface area contributed by atoms with Crippen LogP contribution in [0.25, 0.3) is 11.5 Å². The standard InChI is InChI=1S/C13H17N3O3/c1-3-17-10-4-9(5-10)6-11-15-13(16-19-11)12-8(2)18-7-14-12/h7,9-10H,3-6H2,1-2H3. The minimum absolute atomic E-state index is 0.412. The summed E-state index contributed by atoms with van der Waals surface area (Å²) in [6, 6.07) is 0. The number of ether oxygens (including phenoxy) is 1. The van der Waals surface area contributed by atoms with Crippen molar-refractivity contribution in [3.63, 3.8) is 0 Å². The molecule has 3 rings (SSSR count). The quantitative estimate of drug-likeness (QED) is 0.824. The smallest absolute Gasteiger partial charge is 0.227 e. The molecule has 0 aromatic carbocycles. The first kappa shape index (κ1) is 12.3. The van der Waals surface area contributed by atoms with Crippen LogP contribution in [0.1, 0.15) is 31.4 Å². The van der Waals surface area contributed by atoms with E-state index in [0.717, 1.165) is 25.9 Å². The second kappa shape index (κ2) is 5.13. The highest BCUT2D eigenvalue weighted by molar-refractivity contribution is 5.49. The summed E-state index contributed by atoms with van der Waals surface area (Å²) in [7, 11) is 0. The molecule has 0 saturated heterocycles. The summed E-state index contributed by atoms with van der Waals surface area (Å²) in [6.45, 7) is 4.64. The second-order valence-corrected chi connectivity index (χ2v) is 4.89. The van der Waals surface area contributed by atoms with Gasteiger partial charge in [-0.1, -0.05) is 5.16 Å². The van der Waals surface area contributed by atoms with Gasteiger partial charge in [0.2, 0.25) is 11.7 Å². The van der Waals surface area contributed by atoms with E-state index in [1.54, 1.807) is 0 Å². The van der Waals surface area contributed by atoms with Crippen LogP contribution < -0.4 is 0 Å². The Hall–Kier alpha value is -1.69. The SMILES string of the molecule is CCOC1CC(Cc2nc(-c3ncoc3C)no2)C1. The highest BCUT2D eigenvalue weighted by Gasteiger charge is 2.31. The first-order valence-corrected chi connectivity index (χ1v) is 6.61. The van der Waals surface area contributed by atoms with E-state index in [-0.39, 0.29) is 0 Å². The van der Waals surface area contributed by atoms with Crippen LogP contribution in [-0.4, -0.2) is 27.8 Å². The Labute approximate surface area is 111 Å². The average molecular weight is 263 g/mol. The van der Waals surface area contributed by atoms with Crippen molar-refractivity contribution in [3.05, 3.63) is 18.0 Å². The minimum Gasteiger partial charge on any atom is -0.448 e. The predicted molar refractivity (Wildman–Crippen MR) is 66.4 cm³/mol. The van der Waals surface area contributed by atoms with Crippen molar-refractivity contribution < 1.29 is 13.7 Å². The summed E-state index contributed by atoms with van der Waals surface area (Å²) in [5, 5.41) is 3.95. The zero-order valence-corrected chi connectivity index (χ0v) is 11.1. The summed E-state index contributed by atoms with van der Waals surface area (Å²) in [4.78, 5) is 8.44. The van der Waals surface area contributed by atoms with Gasteiger partial charge in [0, 0.05) is 13.0 Å². The third kappa shape index (κ3) is 2.53. The Bertz CT molecular complexity index is 543. The molecule has 1 aliphatic rings. The normalized spacial score (nSPS) is 22.4. The number of oxazole rings is 1. The molecule has 19 heavy (non-hydrogen) atoms. The van der Waals surface area contributed by atoms with Crippen LogP contribution in [0.2, 0.25) is 0 Å². The summed E-state index contributed by atoms with van der Waals surface area (Å²) in [5.41, 5.74) is 0.649. The fraction of sp³-hybridized carbons (Fsp3) is 0.615. The first-order valence-electron chi connectivity index (χ1n) is 6.61. The Morgan fingerprint density at radius 1 is 1.42 bits per heavy atom. The molecule has 0 amide bonds. The van der Waals surface area contributed by atoms with E-state index in [2.05, 4.69) is 15.1 Å². The van der Waals surface area contributed by atoms with Crippen LogP contribution in [0.5, 0.6) is 0 Å². The molecular weight excluding hydrogens is 246 g/mol. The number of aryl methyl sites for hydroxylation is 1. The van der Waals surface area contributed by atoms with Gasteiger partial charge in [0.15, 0.2) is 12.1 Å². The monoisotopic (exact) mass is 263 g/mol. The summed E-state index contributed by atoms with van der Waals surface area (Å²) in [5.74, 6) is 2.45. The van der Waals surface area contributed by atoms with Gasteiger partial charge in [0.25, 0.3) is 0 Å². The Morgan fingerprint density at radius 3 is 2.95 bits per heavy atom. The molecule has 0 radical (unpaired) electrons. The fourth-order valence-electron chi connectivity index (χ4n) is 2.41. The van der Waals surface area contributed by atoms with Gasteiger partial charge in [0.1, 0.15) is 5.76 Å². The molecule has 2 aromatic heterocycles. The number of aromatic nitrogens is 3. The third-order valence-electron chi connectivity index (χ3n) is 3.48. The van der Waals surface area contributed by atoms with Crippen molar-refractivity contribution in [2.45, 2.75) is 39.2 Å². The predicted octanol–water partition coefficient (Wildman–Crippen LogP) is 2.39. The van der Waals surface area contributed by atoms with Crippen LogP contribution in [0.4, 0.5) is 0 Å². The number of rotatable bonds is 5. The van der Waals surface area contributed by atoms with E-state index in [9.17, 15) is 0 Å². The topological polar surface area (TPSA) is 74.2 Å². The Kier molecular flexibility index (Phi) is 3.33. The number of hydrogen-bond donors (Lipinski definition) is 0. The van der Waals surface area contributed by atoms with Gasteiger partial charge in [-0.3, -0.25) is 0 Å². The van der Waals surface area contributed by atoms with E-state index in [0.29, 0.717) is 35.2 Å². The largest absolute Gasteiger partial charge is 0.448 e. The number of nitrogens with zero attached hydrogens (tertiary/aromatic N) is 3. The van der Waals surface area contributed by atoms with Gasteiger partial charge in [0.05, 0.1) is 6.10 Å². The van der Waals surface area contributed by atoms with E-state index >= 15 is 0 Å². The molecule has 0 spiro atoms. The van der Waals surface area contributed by atoms with Gasteiger partial charge in [-0.15, -0.1) is 0 Å². The minimum atomic E-state index is 0.412. The third-order valence-corrected chi connectivity index (χ3v) is 3.48. The lowest BCUT2D eigenvalue weighted by Crippen LogP contribution is -2.32. The maximum absolute atomic E-state index is 5.54. The van der Waals surface area contributed by atoms with Crippen LogP contribution in [0, 0.1) is 12.8 Å². The zero-order valence-electron chi connectivity index (χ0n) is 11.1. The summed E-state index contributed by atoms with van der Waals surface area (Å²) in [6.07, 6.45) is 4.77. The molecule has 102 valence electrons. The fourth-order valence-corrected chi connectivity index (χ4v) is 2.41. The molecule has 0 bridgehead atoms.